The fourth-order valence-corrected chi connectivity index (χ4v) is 1.43. The first-order valence-corrected chi connectivity index (χ1v) is 5.11. The lowest BCUT2D eigenvalue weighted by Crippen LogP contribution is -1.99. The second kappa shape index (κ2) is 4.74. The van der Waals surface area contributed by atoms with Gasteiger partial charge in [0.15, 0.2) is 5.82 Å². The Kier molecular flexibility index (Phi) is 3.14. The Labute approximate surface area is 92.9 Å². The number of alkyl halides is 1. The van der Waals surface area contributed by atoms with Crippen molar-refractivity contribution < 1.29 is 4.39 Å². The Morgan fingerprint density at radius 1 is 1.38 bits per heavy atom. The molecule has 1 aromatic carbocycles. The van der Waals surface area contributed by atoms with Gasteiger partial charge in [0.1, 0.15) is 6.33 Å². The number of aryl methyl sites for hydroxylation is 1. The highest BCUT2D eigenvalue weighted by Crippen LogP contribution is 2.16. The summed E-state index contributed by atoms with van der Waals surface area (Å²) < 4.78 is 13.6. The van der Waals surface area contributed by atoms with Crippen LogP contribution in [0.4, 0.5) is 10.1 Å². The average molecular weight is 220 g/mol. The van der Waals surface area contributed by atoms with E-state index in [1.165, 1.54) is 0 Å². The summed E-state index contributed by atoms with van der Waals surface area (Å²) in [6, 6.07) is 7.37. The minimum absolute atomic E-state index is 0.340. The van der Waals surface area contributed by atoms with Gasteiger partial charge in [0, 0.05) is 17.8 Å². The summed E-state index contributed by atoms with van der Waals surface area (Å²) in [7, 11) is 0. The molecule has 0 unspecified atom stereocenters. The van der Waals surface area contributed by atoms with Crippen LogP contribution in [0.5, 0.6) is 0 Å². The third kappa shape index (κ3) is 2.36. The molecule has 5 heteroatoms. The summed E-state index contributed by atoms with van der Waals surface area (Å²) in [6.07, 6.45) is 2.06. The molecule has 0 amide bonds. The van der Waals surface area contributed by atoms with Crippen molar-refractivity contribution in [2.75, 3.05) is 12.4 Å². The zero-order chi connectivity index (χ0) is 11.4. The van der Waals surface area contributed by atoms with E-state index in [-0.39, 0.29) is 6.67 Å². The van der Waals surface area contributed by atoms with Crippen LogP contribution in [-0.2, 0) is 6.54 Å². The summed E-state index contributed by atoms with van der Waals surface area (Å²) >= 11 is 0. The third-order valence-electron chi connectivity index (χ3n) is 2.20. The monoisotopic (exact) mass is 220 g/mol. The Morgan fingerprint density at radius 2 is 2.25 bits per heavy atom. The van der Waals surface area contributed by atoms with Crippen molar-refractivity contribution in [3.8, 4) is 11.4 Å². The standard InChI is InChI=1S/C11H13FN4/c12-5-2-6-16-8-14-11(15-16)9-3-1-4-10(13)7-9/h1,3-4,7-8H,2,5-6,13H2. The van der Waals surface area contributed by atoms with Crippen molar-refractivity contribution in [3.63, 3.8) is 0 Å². The molecule has 4 nitrogen and oxygen atoms in total. The molecule has 0 aliphatic rings. The van der Waals surface area contributed by atoms with Crippen LogP contribution in [0.2, 0.25) is 0 Å². The maximum atomic E-state index is 12.0. The number of aromatic nitrogens is 3. The number of rotatable bonds is 4. The van der Waals surface area contributed by atoms with Gasteiger partial charge in [0.2, 0.25) is 0 Å². The zero-order valence-corrected chi connectivity index (χ0v) is 8.81. The zero-order valence-electron chi connectivity index (χ0n) is 8.81. The lowest BCUT2D eigenvalue weighted by molar-refractivity contribution is 0.434. The maximum Gasteiger partial charge on any atom is 0.181 e. The average Bonchev–Trinajstić information content (AvgIpc) is 2.75. The summed E-state index contributed by atoms with van der Waals surface area (Å²) in [5, 5.41) is 4.24. The second-order valence-corrected chi connectivity index (χ2v) is 3.50. The van der Waals surface area contributed by atoms with Crippen molar-refractivity contribution in [1.82, 2.24) is 14.8 Å². The lowest BCUT2D eigenvalue weighted by Gasteiger charge is -1.97. The minimum Gasteiger partial charge on any atom is -0.399 e. The summed E-state index contributed by atoms with van der Waals surface area (Å²) in [6.45, 7) is 0.208. The molecule has 2 aromatic rings. The first-order valence-electron chi connectivity index (χ1n) is 5.11. The van der Waals surface area contributed by atoms with E-state index in [0.29, 0.717) is 24.5 Å². The molecule has 2 N–H and O–H groups in total. The largest absolute Gasteiger partial charge is 0.399 e. The van der Waals surface area contributed by atoms with Gasteiger partial charge in [-0.15, -0.1) is 0 Å². The Bertz CT molecular complexity index is 467. The van der Waals surface area contributed by atoms with Crippen molar-refractivity contribution in [2.24, 2.45) is 0 Å². The maximum absolute atomic E-state index is 12.0. The third-order valence-corrected chi connectivity index (χ3v) is 2.20. The van der Waals surface area contributed by atoms with Crippen LogP contribution in [0, 0.1) is 0 Å². The molecule has 0 aliphatic heterocycles. The van der Waals surface area contributed by atoms with E-state index in [4.69, 9.17) is 5.73 Å². The highest BCUT2D eigenvalue weighted by molar-refractivity contribution is 5.60. The molecule has 0 atom stereocenters. The summed E-state index contributed by atoms with van der Waals surface area (Å²) in [5.74, 6) is 0.617. The van der Waals surface area contributed by atoms with E-state index in [1.54, 1.807) is 11.0 Å². The van der Waals surface area contributed by atoms with Crippen LogP contribution >= 0.6 is 0 Å². The number of nitrogens with zero attached hydrogens (tertiary/aromatic N) is 3. The number of hydrogen-bond donors (Lipinski definition) is 1. The number of anilines is 1. The fourth-order valence-electron chi connectivity index (χ4n) is 1.43. The molecule has 0 saturated carbocycles. The lowest BCUT2D eigenvalue weighted by atomic mass is 10.2. The number of nitrogens with two attached hydrogens (primary N) is 1. The molecule has 0 radical (unpaired) electrons. The molecule has 2 rings (SSSR count). The molecular formula is C11H13FN4. The Morgan fingerprint density at radius 3 is 3.00 bits per heavy atom. The first-order chi connectivity index (χ1) is 7.79. The fraction of sp³-hybridized carbons (Fsp3) is 0.273. The van der Waals surface area contributed by atoms with E-state index in [2.05, 4.69) is 10.1 Å². The molecule has 84 valence electrons. The van der Waals surface area contributed by atoms with Crippen LogP contribution in [0.3, 0.4) is 0 Å². The molecule has 16 heavy (non-hydrogen) atoms. The van der Waals surface area contributed by atoms with Gasteiger partial charge in [0.05, 0.1) is 6.67 Å². The number of nitrogen functional groups attached to an aromatic ring is 1. The quantitative estimate of drug-likeness (QED) is 0.800. The molecule has 1 aromatic heterocycles. The van der Waals surface area contributed by atoms with Crippen molar-refractivity contribution >= 4 is 5.69 Å². The van der Waals surface area contributed by atoms with E-state index >= 15 is 0 Å². The topological polar surface area (TPSA) is 56.7 Å². The van der Waals surface area contributed by atoms with Crippen LogP contribution in [0.1, 0.15) is 6.42 Å². The normalized spacial score (nSPS) is 10.6. The SMILES string of the molecule is Nc1cccc(-c2ncn(CCCF)n2)c1. The van der Waals surface area contributed by atoms with Gasteiger partial charge in [-0.1, -0.05) is 12.1 Å². The number of hydrogen-bond acceptors (Lipinski definition) is 3. The highest BCUT2D eigenvalue weighted by Gasteiger charge is 2.03. The van der Waals surface area contributed by atoms with E-state index in [1.807, 2.05) is 24.3 Å². The predicted octanol–water partition coefficient (Wildman–Crippen LogP) is 1.89. The van der Waals surface area contributed by atoms with Gasteiger partial charge in [-0.2, -0.15) is 5.10 Å². The van der Waals surface area contributed by atoms with E-state index < -0.39 is 0 Å². The second-order valence-electron chi connectivity index (χ2n) is 3.50. The smallest absolute Gasteiger partial charge is 0.181 e. The van der Waals surface area contributed by atoms with Crippen LogP contribution in [-0.4, -0.2) is 21.4 Å². The van der Waals surface area contributed by atoms with Crippen LogP contribution in [0.25, 0.3) is 11.4 Å². The molecule has 0 aliphatic carbocycles. The highest BCUT2D eigenvalue weighted by atomic mass is 19.1. The number of halogens is 1. The van der Waals surface area contributed by atoms with Gasteiger partial charge in [-0.3, -0.25) is 9.07 Å². The molecule has 1 heterocycles. The molecule has 0 spiro atoms. The Balaban J connectivity index is 2.18. The Hall–Kier alpha value is -1.91. The predicted molar refractivity (Wildman–Crippen MR) is 60.5 cm³/mol. The van der Waals surface area contributed by atoms with Gasteiger partial charge in [-0.25, -0.2) is 4.98 Å². The van der Waals surface area contributed by atoms with E-state index in [9.17, 15) is 4.39 Å². The molecule has 0 fully saturated rings. The summed E-state index contributed by atoms with van der Waals surface area (Å²) in [4.78, 5) is 4.15. The van der Waals surface area contributed by atoms with Gasteiger partial charge in [-0.05, 0) is 18.6 Å². The van der Waals surface area contributed by atoms with Crippen LogP contribution in [0.15, 0.2) is 30.6 Å². The van der Waals surface area contributed by atoms with Crippen LogP contribution < -0.4 is 5.73 Å². The van der Waals surface area contributed by atoms with Crippen molar-refractivity contribution in [1.29, 1.82) is 0 Å². The molecular weight excluding hydrogens is 207 g/mol. The first kappa shape index (κ1) is 10.6. The number of benzene rings is 1. The van der Waals surface area contributed by atoms with E-state index in [0.717, 1.165) is 5.56 Å². The van der Waals surface area contributed by atoms with Crippen molar-refractivity contribution in [3.05, 3.63) is 30.6 Å². The van der Waals surface area contributed by atoms with Gasteiger partial charge in [0.25, 0.3) is 0 Å². The minimum atomic E-state index is -0.340. The van der Waals surface area contributed by atoms with Gasteiger partial charge >= 0.3 is 0 Å². The molecule has 0 saturated heterocycles. The van der Waals surface area contributed by atoms with Crippen molar-refractivity contribution in [2.45, 2.75) is 13.0 Å². The molecule has 0 bridgehead atoms. The van der Waals surface area contributed by atoms with Gasteiger partial charge < -0.3 is 5.73 Å². The summed E-state index contributed by atoms with van der Waals surface area (Å²) in [5.41, 5.74) is 7.22.